The van der Waals surface area contributed by atoms with Crippen molar-refractivity contribution in [1.29, 1.82) is 0 Å². The maximum atomic E-state index is 4.72. The molecule has 1 heterocycles. The van der Waals surface area contributed by atoms with Crippen LogP contribution >= 0.6 is 11.3 Å². The lowest BCUT2D eigenvalue weighted by Gasteiger charge is -2.30. The molecule has 1 saturated carbocycles. The van der Waals surface area contributed by atoms with Crippen molar-refractivity contribution >= 4 is 17.3 Å². The molecule has 2 N–H and O–H groups in total. The zero-order valence-electron chi connectivity index (χ0n) is 14.2. The number of aliphatic imine (C=N–C) groups is 1. The second kappa shape index (κ2) is 9.13. The highest BCUT2D eigenvalue weighted by Crippen LogP contribution is 2.26. The minimum Gasteiger partial charge on any atom is -0.357 e. The van der Waals surface area contributed by atoms with Crippen LogP contribution in [0.25, 0.3) is 0 Å². The van der Waals surface area contributed by atoms with Gasteiger partial charge in [0, 0.05) is 23.7 Å². The van der Waals surface area contributed by atoms with Crippen LogP contribution in [0, 0.1) is 5.92 Å². The molecule has 22 heavy (non-hydrogen) atoms. The molecule has 0 bridgehead atoms. The summed E-state index contributed by atoms with van der Waals surface area (Å²) in [6.45, 7) is 8.16. The molecular formula is C17H30N4S. The Morgan fingerprint density at radius 3 is 2.91 bits per heavy atom. The Balaban J connectivity index is 1.91. The molecule has 2 unspecified atom stereocenters. The largest absolute Gasteiger partial charge is 0.357 e. The molecular weight excluding hydrogens is 292 g/mol. The highest BCUT2D eigenvalue weighted by atomic mass is 32.1. The second-order valence-electron chi connectivity index (χ2n) is 6.05. The van der Waals surface area contributed by atoms with Crippen LogP contribution in [-0.4, -0.2) is 23.5 Å². The first-order valence-corrected chi connectivity index (χ1v) is 9.55. The summed E-state index contributed by atoms with van der Waals surface area (Å²) in [5.41, 5.74) is 0. The normalized spacial score (nSPS) is 22.6. The highest BCUT2D eigenvalue weighted by Gasteiger charge is 2.21. The van der Waals surface area contributed by atoms with Crippen LogP contribution in [0.3, 0.4) is 0 Å². The van der Waals surface area contributed by atoms with E-state index in [1.807, 2.05) is 6.20 Å². The summed E-state index contributed by atoms with van der Waals surface area (Å²) in [7, 11) is 0. The van der Waals surface area contributed by atoms with E-state index in [1.165, 1.54) is 37.0 Å². The van der Waals surface area contributed by atoms with Crippen molar-refractivity contribution < 1.29 is 0 Å². The van der Waals surface area contributed by atoms with E-state index in [0.717, 1.165) is 29.9 Å². The van der Waals surface area contributed by atoms with Crippen molar-refractivity contribution in [1.82, 2.24) is 15.6 Å². The molecule has 1 aliphatic rings. The molecule has 1 aromatic heterocycles. The fraction of sp³-hybridized carbons (Fsp3) is 0.765. The molecule has 0 amide bonds. The lowest BCUT2D eigenvalue weighted by Crippen LogP contribution is -2.45. The average molecular weight is 323 g/mol. The molecule has 124 valence electrons. The van der Waals surface area contributed by atoms with Gasteiger partial charge in [-0.15, -0.1) is 11.3 Å². The fourth-order valence-corrected chi connectivity index (χ4v) is 3.82. The predicted octanol–water partition coefficient (Wildman–Crippen LogP) is 3.73. The van der Waals surface area contributed by atoms with Crippen LogP contribution in [-0.2, 0) is 13.0 Å². The van der Waals surface area contributed by atoms with E-state index in [4.69, 9.17) is 4.99 Å². The van der Waals surface area contributed by atoms with Crippen molar-refractivity contribution in [2.45, 2.75) is 71.9 Å². The first-order chi connectivity index (χ1) is 10.7. The van der Waals surface area contributed by atoms with Crippen molar-refractivity contribution in [3.05, 3.63) is 16.1 Å². The van der Waals surface area contributed by atoms with Crippen molar-refractivity contribution in [3.63, 3.8) is 0 Å². The molecule has 0 aliphatic heterocycles. The van der Waals surface area contributed by atoms with Gasteiger partial charge in [-0.05, 0) is 32.1 Å². The zero-order valence-corrected chi connectivity index (χ0v) is 15.0. The van der Waals surface area contributed by atoms with Crippen LogP contribution in [0.4, 0.5) is 0 Å². The Kier molecular flexibility index (Phi) is 7.16. The average Bonchev–Trinajstić information content (AvgIpc) is 3.01. The lowest BCUT2D eigenvalue weighted by atomic mass is 9.84. The van der Waals surface area contributed by atoms with E-state index in [2.05, 4.69) is 36.4 Å². The summed E-state index contributed by atoms with van der Waals surface area (Å²) >= 11 is 1.77. The first-order valence-electron chi connectivity index (χ1n) is 8.73. The smallest absolute Gasteiger partial charge is 0.191 e. The topological polar surface area (TPSA) is 49.3 Å². The molecule has 0 spiro atoms. The third-order valence-electron chi connectivity index (χ3n) is 4.37. The van der Waals surface area contributed by atoms with Crippen LogP contribution in [0.5, 0.6) is 0 Å². The van der Waals surface area contributed by atoms with Gasteiger partial charge in [0.15, 0.2) is 5.96 Å². The third-order valence-corrected chi connectivity index (χ3v) is 5.49. The Labute approximate surface area is 138 Å². The van der Waals surface area contributed by atoms with Gasteiger partial charge in [-0.1, -0.05) is 33.1 Å². The third kappa shape index (κ3) is 5.27. The standard InChI is InChI=1S/C17H30N4S/c1-4-13-8-7-9-14(10-13)21-17(18-6-3)20-12-16-19-11-15(5-2)22-16/h11,13-14H,4-10,12H2,1-3H3,(H2,18,20,21). The van der Waals surface area contributed by atoms with E-state index in [0.29, 0.717) is 12.6 Å². The Morgan fingerprint density at radius 1 is 1.36 bits per heavy atom. The van der Waals surface area contributed by atoms with E-state index in [1.54, 1.807) is 11.3 Å². The summed E-state index contributed by atoms with van der Waals surface area (Å²) in [5, 5.41) is 8.10. The highest BCUT2D eigenvalue weighted by molar-refractivity contribution is 7.11. The molecule has 1 aliphatic carbocycles. The number of rotatable bonds is 6. The molecule has 1 fully saturated rings. The molecule has 2 rings (SSSR count). The Morgan fingerprint density at radius 2 is 2.23 bits per heavy atom. The summed E-state index contributed by atoms with van der Waals surface area (Å²) in [5.74, 6) is 1.82. The van der Waals surface area contributed by atoms with Gasteiger partial charge in [-0.25, -0.2) is 9.98 Å². The molecule has 0 saturated heterocycles. The van der Waals surface area contributed by atoms with E-state index >= 15 is 0 Å². The molecule has 1 aromatic rings. The second-order valence-corrected chi connectivity index (χ2v) is 7.25. The maximum absolute atomic E-state index is 4.72. The number of thiazole rings is 1. The monoisotopic (exact) mass is 322 g/mol. The van der Waals surface area contributed by atoms with Gasteiger partial charge in [0.1, 0.15) is 5.01 Å². The predicted molar refractivity (Wildman–Crippen MR) is 95.5 cm³/mol. The number of hydrogen-bond donors (Lipinski definition) is 2. The molecule has 5 heteroatoms. The number of nitrogens with zero attached hydrogens (tertiary/aromatic N) is 2. The van der Waals surface area contributed by atoms with Crippen molar-refractivity contribution in [2.24, 2.45) is 10.9 Å². The number of nitrogens with one attached hydrogen (secondary N) is 2. The van der Waals surface area contributed by atoms with Gasteiger partial charge >= 0.3 is 0 Å². The van der Waals surface area contributed by atoms with Crippen molar-refractivity contribution in [2.75, 3.05) is 6.54 Å². The van der Waals surface area contributed by atoms with Crippen LogP contribution in [0.1, 0.15) is 62.8 Å². The Bertz CT molecular complexity index is 469. The number of hydrogen-bond acceptors (Lipinski definition) is 3. The summed E-state index contributed by atoms with van der Waals surface area (Å²) in [6.07, 6.45) is 9.59. The van der Waals surface area contributed by atoms with Gasteiger partial charge in [0.2, 0.25) is 0 Å². The number of aromatic nitrogens is 1. The van der Waals surface area contributed by atoms with Gasteiger partial charge in [0.05, 0.1) is 6.54 Å². The minimum atomic E-state index is 0.569. The lowest BCUT2D eigenvalue weighted by molar-refractivity contribution is 0.298. The number of guanidine groups is 1. The van der Waals surface area contributed by atoms with Crippen LogP contribution in [0.15, 0.2) is 11.2 Å². The van der Waals surface area contributed by atoms with Gasteiger partial charge in [-0.3, -0.25) is 0 Å². The maximum Gasteiger partial charge on any atom is 0.191 e. The van der Waals surface area contributed by atoms with Crippen LogP contribution in [0.2, 0.25) is 0 Å². The Hall–Kier alpha value is -1.10. The minimum absolute atomic E-state index is 0.569. The van der Waals surface area contributed by atoms with Gasteiger partial charge < -0.3 is 10.6 Å². The number of aryl methyl sites for hydroxylation is 1. The molecule has 4 nitrogen and oxygen atoms in total. The van der Waals surface area contributed by atoms with Gasteiger partial charge in [0.25, 0.3) is 0 Å². The van der Waals surface area contributed by atoms with E-state index < -0.39 is 0 Å². The zero-order chi connectivity index (χ0) is 15.8. The summed E-state index contributed by atoms with van der Waals surface area (Å²) in [4.78, 5) is 10.5. The van der Waals surface area contributed by atoms with Crippen LogP contribution < -0.4 is 10.6 Å². The summed E-state index contributed by atoms with van der Waals surface area (Å²) in [6, 6.07) is 0.569. The molecule has 2 atom stereocenters. The van der Waals surface area contributed by atoms with Gasteiger partial charge in [-0.2, -0.15) is 0 Å². The molecule has 0 aromatic carbocycles. The van der Waals surface area contributed by atoms with E-state index in [9.17, 15) is 0 Å². The summed E-state index contributed by atoms with van der Waals surface area (Å²) < 4.78 is 0. The SMILES string of the molecule is CCNC(=NCc1ncc(CC)s1)NC1CCCC(CC)C1. The first kappa shape index (κ1) is 17.3. The fourth-order valence-electron chi connectivity index (χ4n) is 3.04. The quantitative estimate of drug-likeness (QED) is 0.620. The van der Waals surface area contributed by atoms with E-state index in [-0.39, 0.29) is 0 Å². The molecule has 0 radical (unpaired) electrons. The van der Waals surface area contributed by atoms with Crippen molar-refractivity contribution in [3.8, 4) is 0 Å².